The van der Waals surface area contributed by atoms with Crippen LogP contribution in [0.2, 0.25) is 0 Å². The van der Waals surface area contributed by atoms with Gasteiger partial charge in [0.15, 0.2) is 11.6 Å². The fourth-order valence-electron chi connectivity index (χ4n) is 4.31. The molecule has 0 atom stereocenters. The van der Waals surface area contributed by atoms with E-state index in [4.69, 9.17) is 0 Å². The number of piperidine rings is 1. The highest BCUT2D eigenvalue weighted by Crippen LogP contribution is 2.32. The molecule has 0 radical (unpaired) electrons. The van der Waals surface area contributed by atoms with E-state index in [2.05, 4.69) is 9.97 Å². The molecular formula is C23H24FN5O3S. The minimum atomic E-state index is -4.03. The Hall–Kier alpha value is -3.11. The summed E-state index contributed by atoms with van der Waals surface area (Å²) >= 11 is 0. The van der Waals surface area contributed by atoms with Crippen molar-refractivity contribution in [3.05, 3.63) is 53.8 Å². The number of fused-ring (bicyclic) bond motifs is 2. The molecule has 10 heteroatoms. The predicted molar refractivity (Wildman–Crippen MR) is 123 cm³/mol. The smallest absolute Gasteiger partial charge is 0.259 e. The summed E-state index contributed by atoms with van der Waals surface area (Å²) in [6.07, 6.45) is 2.43. The van der Waals surface area contributed by atoms with Crippen LogP contribution in [0.4, 0.5) is 16.0 Å². The number of rotatable bonds is 3. The number of para-hydroxylation sites is 2. The van der Waals surface area contributed by atoms with Gasteiger partial charge in [-0.15, -0.1) is 0 Å². The standard InChI is InChI=1S/C23H24FN5O3S/c1-27-13-14-29(22-21(27)25-18-7-3-4-8-19(18)26-22)23(30)16-9-10-17(24)20(15-16)33(31,32)28-11-5-2-6-12-28/h3-4,7-10,15H,2,5-6,11-14H2,1H3. The molecule has 1 fully saturated rings. The second-order valence-corrected chi connectivity index (χ2v) is 10.3. The van der Waals surface area contributed by atoms with Gasteiger partial charge in [0.2, 0.25) is 10.0 Å². The summed E-state index contributed by atoms with van der Waals surface area (Å²) < 4.78 is 42.1. The average Bonchev–Trinajstić information content (AvgIpc) is 2.84. The molecule has 172 valence electrons. The van der Waals surface area contributed by atoms with E-state index in [1.807, 2.05) is 36.2 Å². The molecule has 2 aliphatic rings. The first-order valence-corrected chi connectivity index (χ1v) is 12.4. The van der Waals surface area contributed by atoms with Gasteiger partial charge in [-0.3, -0.25) is 9.69 Å². The zero-order valence-corrected chi connectivity index (χ0v) is 19.1. The van der Waals surface area contributed by atoms with Gasteiger partial charge in [-0.25, -0.2) is 22.8 Å². The number of aromatic nitrogens is 2. The Morgan fingerprint density at radius 3 is 2.27 bits per heavy atom. The Balaban J connectivity index is 1.54. The van der Waals surface area contributed by atoms with Crippen molar-refractivity contribution in [1.29, 1.82) is 0 Å². The SMILES string of the molecule is CN1CCN(C(=O)c2ccc(F)c(S(=O)(=O)N3CCCCC3)c2)c2nc3ccccc3nc21. The molecule has 3 heterocycles. The van der Waals surface area contributed by atoms with Gasteiger partial charge in [-0.1, -0.05) is 18.6 Å². The van der Waals surface area contributed by atoms with Crippen molar-refractivity contribution in [2.75, 3.05) is 43.0 Å². The van der Waals surface area contributed by atoms with Gasteiger partial charge < -0.3 is 4.90 Å². The number of likely N-dealkylation sites (N-methyl/N-ethyl adjacent to an activating group) is 1. The molecule has 1 saturated heterocycles. The first-order chi connectivity index (χ1) is 15.9. The van der Waals surface area contributed by atoms with E-state index in [-0.39, 0.29) is 5.56 Å². The number of nitrogens with zero attached hydrogens (tertiary/aromatic N) is 5. The number of benzene rings is 2. The third kappa shape index (κ3) is 3.83. The van der Waals surface area contributed by atoms with Gasteiger partial charge in [0, 0.05) is 38.8 Å². The average molecular weight is 470 g/mol. The third-order valence-corrected chi connectivity index (χ3v) is 8.08. The molecule has 2 aromatic carbocycles. The summed E-state index contributed by atoms with van der Waals surface area (Å²) in [6.45, 7) is 1.59. The first-order valence-electron chi connectivity index (χ1n) is 11.0. The minimum absolute atomic E-state index is 0.0949. The van der Waals surface area contributed by atoms with E-state index in [0.29, 0.717) is 48.8 Å². The molecule has 0 N–H and O–H groups in total. The van der Waals surface area contributed by atoms with E-state index in [9.17, 15) is 17.6 Å². The van der Waals surface area contributed by atoms with Crippen LogP contribution in [0.5, 0.6) is 0 Å². The summed E-state index contributed by atoms with van der Waals surface area (Å²) in [7, 11) is -2.15. The number of hydrogen-bond acceptors (Lipinski definition) is 6. The molecule has 33 heavy (non-hydrogen) atoms. The van der Waals surface area contributed by atoms with Gasteiger partial charge in [0.05, 0.1) is 11.0 Å². The van der Waals surface area contributed by atoms with Crippen LogP contribution in [0.1, 0.15) is 29.6 Å². The second-order valence-electron chi connectivity index (χ2n) is 8.35. The highest BCUT2D eigenvalue weighted by atomic mass is 32.2. The molecule has 2 aliphatic heterocycles. The fraction of sp³-hybridized carbons (Fsp3) is 0.348. The lowest BCUT2D eigenvalue weighted by Gasteiger charge is -2.34. The zero-order chi connectivity index (χ0) is 23.2. The number of halogens is 1. The lowest BCUT2D eigenvalue weighted by atomic mass is 10.1. The Kier molecular flexibility index (Phi) is 5.49. The minimum Gasteiger partial charge on any atom is -0.355 e. The largest absolute Gasteiger partial charge is 0.355 e. The van der Waals surface area contributed by atoms with Crippen molar-refractivity contribution in [3.8, 4) is 0 Å². The van der Waals surface area contributed by atoms with Gasteiger partial charge >= 0.3 is 0 Å². The van der Waals surface area contributed by atoms with Crippen LogP contribution in [-0.2, 0) is 10.0 Å². The first kappa shape index (κ1) is 21.7. The molecule has 0 aliphatic carbocycles. The summed E-state index contributed by atoms with van der Waals surface area (Å²) in [5.74, 6) is -0.334. The number of carbonyl (C=O) groups excluding carboxylic acids is 1. The molecular weight excluding hydrogens is 445 g/mol. The number of anilines is 2. The van der Waals surface area contributed by atoms with Gasteiger partial charge in [0.1, 0.15) is 10.7 Å². The van der Waals surface area contributed by atoms with E-state index in [1.54, 1.807) is 0 Å². The molecule has 0 unspecified atom stereocenters. The normalized spacial score (nSPS) is 17.3. The molecule has 3 aromatic rings. The van der Waals surface area contributed by atoms with Crippen molar-refractivity contribution in [2.24, 2.45) is 0 Å². The topological polar surface area (TPSA) is 86.7 Å². The van der Waals surface area contributed by atoms with E-state index in [0.717, 1.165) is 31.4 Å². The molecule has 0 saturated carbocycles. The summed E-state index contributed by atoms with van der Waals surface area (Å²) in [6, 6.07) is 10.9. The monoisotopic (exact) mass is 469 g/mol. The molecule has 1 aromatic heterocycles. The van der Waals surface area contributed by atoms with Crippen LogP contribution in [0.15, 0.2) is 47.4 Å². The highest BCUT2D eigenvalue weighted by Gasteiger charge is 2.32. The number of amides is 1. The molecule has 0 bridgehead atoms. The van der Waals surface area contributed by atoms with Crippen LogP contribution in [-0.4, -0.2) is 61.8 Å². The maximum atomic E-state index is 14.6. The molecule has 5 rings (SSSR count). The predicted octanol–water partition coefficient (Wildman–Crippen LogP) is 3.04. The van der Waals surface area contributed by atoms with Crippen LogP contribution >= 0.6 is 0 Å². The Morgan fingerprint density at radius 1 is 0.909 bits per heavy atom. The van der Waals surface area contributed by atoms with Crippen molar-refractivity contribution >= 4 is 38.6 Å². The summed E-state index contributed by atoms with van der Waals surface area (Å²) in [5, 5.41) is 0. The van der Waals surface area contributed by atoms with Crippen molar-refractivity contribution in [1.82, 2.24) is 14.3 Å². The number of hydrogen-bond donors (Lipinski definition) is 0. The van der Waals surface area contributed by atoms with Crippen LogP contribution in [0.3, 0.4) is 0 Å². The number of carbonyl (C=O) groups is 1. The highest BCUT2D eigenvalue weighted by molar-refractivity contribution is 7.89. The number of sulfonamides is 1. The van der Waals surface area contributed by atoms with Crippen LogP contribution in [0, 0.1) is 5.82 Å². The molecule has 8 nitrogen and oxygen atoms in total. The van der Waals surface area contributed by atoms with Crippen molar-refractivity contribution in [2.45, 2.75) is 24.2 Å². The van der Waals surface area contributed by atoms with E-state index >= 15 is 0 Å². The van der Waals surface area contributed by atoms with Crippen molar-refractivity contribution in [3.63, 3.8) is 0 Å². The maximum absolute atomic E-state index is 14.6. The fourth-order valence-corrected chi connectivity index (χ4v) is 5.92. The van der Waals surface area contributed by atoms with Crippen LogP contribution in [0.25, 0.3) is 11.0 Å². The van der Waals surface area contributed by atoms with Gasteiger partial charge in [-0.2, -0.15) is 4.31 Å². The lowest BCUT2D eigenvalue weighted by Crippen LogP contribution is -2.44. The Morgan fingerprint density at radius 2 is 1.58 bits per heavy atom. The maximum Gasteiger partial charge on any atom is 0.259 e. The Bertz CT molecular complexity index is 1340. The van der Waals surface area contributed by atoms with Gasteiger partial charge in [0.25, 0.3) is 5.91 Å². The zero-order valence-electron chi connectivity index (χ0n) is 18.2. The quantitative estimate of drug-likeness (QED) is 0.586. The van der Waals surface area contributed by atoms with Crippen LogP contribution < -0.4 is 9.80 Å². The van der Waals surface area contributed by atoms with E-state index in [1.165, 1.54) is 15.3 Å². The third-order valence-electron chi connectivity index (χ3n) is 6.17. The van der Waals surface area contributed by atoms with E-state index < -0.39 is 26.6 Å². The van der Waals surface area contributed by atoms with Crippen molar-refractivity contribution < 1.29 is 17.6 Å². The molecule has 0 spiro atoms. The Labute approximate surface area is 191 Å². The second kappa shape index (κ2) is 8.35. The van der Waals surface area contributed by atoms with Gasteiger partial charge in [-0.05, 0) is 43.2 Å². The summed E-state index contributed by atoms with van der Waals surface area (Å²) in [4.78, 5) is 25.7. The summed E-state index contributed by atoms with van der Waals surface area (Å²) in [5.41, 5.74) is 1.46. The molecule has 1 amide bonds. The lowest BCUT2D eigenvalue weighted by molar-refractivity contribution is 0.0985.